The van der Waals surface area contributed by atoms with Crippen LogP contribution in [0.3, 0.4) is 0 Å². The van der Waals surface area contributed by atoms with Gasteiger partial charge in [-0.2, -0.15) is 0 Å². The van der Waals surface area contributed by atoms with Crippen LogP contribution in [0.15, 0.2) is 12.1 Å². The summed E-state index contributed by atoms with van der Waals surface area (Å²) >= 11 is 0. The molecule has 1 atom stereocenters. The highest BCUT2D eigenvalue weighted by atomic mass is 19.2. The van der Waals surface area contributed by atoms with Crippen LogP contribution in [-0.4, -0.2) is 6.04 Å². The van der Waals surface area contributed by atoms with Crippen molar-refractivity contribution in [2.45, 2.75) is 25.3 Å². The lowest BCUT2D eigenvalue weighted by Gasteiger charge is -2.21. The van der Waals surface area contributed by atoms with Gasteiger partial charge in [-0.05, 0) is 36.5 Å². The first-order valence-corrected chi connectivity index (χ1v) is 4.40. The molecule has 0 aromatic heterocycles. The second-order valence-electron chi connectivity index (χ2n) is 3.50. The molecule has 0 aliphatic heterocycles. The maximum Gasteiger partial charge on any atom is 0.162 e. The van der Waals surface area contributed by atoms with Crippen LogP contribution in [0.2, 0.25) is 0 Å². The van der Waals surface area contributed by atoms with Gasteiger partial charge in [-0.3, -0.25) is 0 Å². The van der Waals surface area contributed by atoms with Crippen LogP contribution >= 0.6 is 0 Å². The maximum atomic E-state index is 13.2. The predicted octanol–water partition coefficient (Wildman–Crippen LogP) is 1.78. The Labute approximate surface area is 75.6 Å². The number of halogens is 2. The van der Waals surface area contributed by atoms with Crippen LogP contribution in [0, 0.1) is 11.6 Å². The lowest BCUT2D eigenvalue weighted by molar-refractivity contribution is 0.477. The fourth-order valence-electron chi connectivity index (χ4n) is 1.81. The molecule has 1 nitrogen and oxygen atoms in total. The number of hydrogen-bond donors (Lipinski definition) is 1. The van der Waals surface area contributed by atoms with Crippen molar-refractivity contribution in [1.82, 2.24) is 0 Å². The zero-order valence-electron chi connectivity index (χ0n) is 7.19. The van der Waals surface area contributed by atoms with Gasteiger partial charge in [0.15, 0.2) is 11.6 Å². The zero-order valence-corrected chi connectivity index (χ0v) is 7.19. The van der Waals surface area contributed by atoms with E-state index in [1.807, 2.05) is 0 Å². The van der Waals surface area contributed by atoms with Gasteiger partial charge in [0.05, 0.1) is 0 Å². The van der Waals surface area contributed by atoms with Crippen molar-refractivity contribution >= 4 is 0 Å². The summed E-state index contributed by atoms with van der Waals surface area (Å²) in [7, 11) is 0. The summed E-state index contributed by atoms with van der Waals surface area (Å²) in [6.07, 6.45) is 1.96. The van der Waals surface area contributed by atoms with Gasteiger partial charge in [-0.1, -0.05) is 6.07 Å². The summed E-state index contributed by atoms with van der Waals surface area (Å²) in [4.78, 5) is 0. The summed E-state index contributed by atoms with van der Waals surface area (Å²) in [5.74, 6) is -1.45. The first kappa shape index (κ1) is 8.63. The van der Waals surface area contributed by atoms with Crippen molar-refractivity contribution in [3.63, 3.8) is 0 Å². The summed E-state index contributed by atoms with van der Waals surface area (Å²) in [6, 6.07) is 2.90. The van der Waals surface area contributed by atoms with Crippen LogP contribution in [-0.2, 0) is 12.8 Å². The molecule has 1 aromatic rings. The Morgan fingerprint density at radius 1 is 1.31 bits per heavy atom. The SMILES string of the molecule is NC1CCc2c(ccc(F)c2F)C1. The standard InChI is InChI=1S/C10H11F2N/c11-9-4-1-6-5-7(13)2-3-8(6)10(9)12/h1,4,7H,2-3,5,13H2. The molecule has 0 amide bonds. The monoisotopic (exact) mass is 183 g/mol. The van der Waals surface area contributed by atoms with Gasteiger partial charge in [0.2, 0.25) is 0 Å². The molecule has 3 heteroatoms. The highest BCUT2D eigenvalue weighted by Crippen LogP contribution is 2.24. The second-order valence-corrected chi connectivity index (χ2v) is 3.50. The molecule has 1 aliphatic carbocycles. The van der Waals surface area contributed by atoms with Crippen LogP contribution in [0.4, 0.5) is 8.78 Å². The van der Waals surface area contributed by atoms with E-state index in [-0.39, 0.29) is 6.04 Å². The zero-order chi connectivity index (χ0) is 9.42. The lowest BCUT2D eigenvalue weighted by atomic mass is 9.88. The van der Waals surface area contributed by atoms with Gasteiger partial charge >= 0.3 is 0 Å². The van der Waals surface area contributed by atoms with Crippen LogP contribution < -0.4 is 5.73 Å². The molecule has 0 fully saturated rings. The summed E-state index contributed by atoms with van der Waals surface area (Å²) in [5.41, 5.74) is 7.10. The fourth-order valence-corrected chi connectivity index (χ4v) is 1.81. The smallest absolute Gasteiger partial charge is 0.162 e. The molecule has 70 valence electrons. The first-order chi connectivity index (χ1) is 6.18. The van der Waals surface area contributed by atoms with Crippen LogP contribution in [0.5, 0.6) is 0 Å². The predicted molar refractivity (Wildman–Crippen MR) is 46.4 cm³/mol. The number of fused-ring (bicyclic) bond motifs is 1. The van der Waals surface area contributed by atoms with E-state index in [1.165, 1.54) is 6.07 Å². The third kappa shape index (κ3) is 1.44. The van der Waals surface area contributed by atoms with E-state index in [4.69, 9.17) is 5.73 Å². The highest BCUT2D eigenvalue weighted by molar-refractivity contribution is 5.32. The molecule has 1 aliphatic rings. The molecule has 0 heterocycles. The molecule has 13 heavy (non-hydrogen) atoms. The Hall–Kier alpha value is -0.960. The Kier molecular flexibility index (Phi) is 2.04. The minimum atomic E-state index is -0.755. The molecular formula is C10H11F2N. The summed E-state index contributed by atoms with van der Waals surface area (Å²) in [5, 5.41) is 0. The van der Waals surface area contributed by atoms with E-state index >= 15 is 0 Å². The van der Waals surface area contributed by atoms with Crippen molar-refractivity contribution in [3.05, 3.63) is 34.9 Å². The van der Waals surface area contributed by atoms with Crippen molar-refractivity contribution in [1.29, 1.82) is 0 Å². The molecule has 0 saturated heterocycles. The van der Waals surface area contributed by atoms with Gasteiger partial charge < -0.3 is 5.73 Å². The Bertz CT molecular complexity index is 336. The third-order valence-electron chi connectivity index (χ3n) is 2.54. The second kappa shape index (κ2) is 3.07. The summed E-state index contributed by atoms with van der Waals surface area (Å²) in [6.45, 7) is 0. The normalized spacial score (nSPS) is 21.3. The van der Waals surface area contributed by atoms with Gasteiger partial charge in [-0.25, -0.2) is 8.78 Å². The van der Waals surface area contributed by atoms with Gasteiger partial charge in [0, 0.05) is 6.04 Å². The van der Waals surface area contributed by atoms with Crippen molar-refractivity contribution < 1.29 is 8.78 Å². The Morgan fingerprint density at radius 2 is 2.08 bits per heavy atom. The van der Waals surface area contributed by atoms with Crippen molar-refractivity contribution in [2.75, 3.05) is 0 Å². The Morgan fingerprint density at radius 3 is 2.85 bits per heavy atom. The van der Waals surface area contributed by atoms with E-state index in [0.717, 1.165) is 12.0 Å². The number of hydrogen-bond acceptors (Lipinski definition) is 1. The van der Waals surface area contributed by atoms with Gasteiger partial charge in [0.25, 0.3) is 0 Å². The number of benzene rings is 1. The minimum absolute atomic E-state index is 0.0948. The molecule has 0 spiro atoms. The molecule has 0 bridgehead atoms. The molecule has 1 aromatic carbocycles. The van der Waals surface area contributed by atoms with Crippen LogP contribution in [0.25, 0.3) is 0 Å². The summed E-state index contributed by atoms with van der Waals surface area (Å²) < 4.78 is 26.0. The average molecular weight is 183 g/mol. The fraction of sp³-hybridized carbons (Fsp3) is 0.400. The van der Waals surface area contributed by atoms with Gasteiger partial charge in [0.1, 0.15) is 0 Å². The molecule has 2 rings (SSSR count). The number of rotatable bonds is 0. The largest absolute Gasteiger partial charge is 0.327 e. The van der Waals surface area contributed by atoms with Crippen molar-refractivity contribution in [3.8, 4) is 0 Å². The Balaban J connectivity index is 2.47. The topological polar surface area (TPSA) is 26.0 Å². The molecule has 1 unspecified atom stereocenters. The third-order valence-corrected chi connectivity index (χ3v) is 2.54. The molecular weight excluding hydrogens is 172 g/mol. The van der Waals surface area contributed by atoms with Gasteiger partial charge in [-0.15, -0.1) is 0 Å². The van der Waals surface area contributed by atoms with E-state index in [9.17, 15) is 8.78 Å². The lowest BCUT2D eigenvalue weighted by Crippen LogP contribution is -2.28. The van der Waals surface area contributed by atoms with E-state index in [1.54, 1.807) is 6.07 Å². The average Bonchev–Trinajstić information content (AvgIpc) is 2.12. The highest BCUT2D eigenvalue weighted by Gasteiger charge is 2.20. The molecule has 0 radical (unpaired) electrons. The molecule has 2 N–H and O–H groups in total. The maximum absolute atomic E-state index is 13.2. The van der Waals surface area contributed by atoms with E-state index in [2.05, 4.69) is 0 Å². The van der Waals surface area contributed by atoms with E-state index < -0.39 is 11.6 Å². The quantitative estimate of drug-likeness (QED) is 0.652. The molecule has 0 saturated carbocycles. The minimum Gasteiger partial charge on any atom is -0.327 e. The first-order valence-electron chi connectivity index (χ1n) is 4.40. The van der Waals surface area contributed by atoms with E-state index in [0.29, 0.717) is 18.4 Å². The van der Waals surface area contributed by atoms with Crippen molar-refractivity contribution in [2.24, 2.45) is 5.73 Å². The number of nitrogens with two attached hydrogens (primary N) is 1. The van der Waals surface area contributed by atoms with Crippen LogP contribution in [0.1, 0.15) is 17.5 Å².